The van der Waals surface area contributed by atoms with Gasteiger partial charge < -0.3 is 15.0 Å². The highest BCUT2D eigenvalue weighted by Gasteiger charge is 2.32. The Morgan fingerprint density at radius 1 is 1.11 bits per heavy atom. The number of amides is 2. The first-order valence-corrected chi connectivity index (χ1v) is 13.7. The molecule has 2 aromatic rings. The molecule has 0 fully saturated rings. The van der Waals surface area contributed by atoms with E-state index in [-0.39, 0.29) is 29.9 Å². The summed E-state index contributed by atoms with van der Waals surface area (Å²) in [5.41, 5.74) is 0.379. The molecule has 0 heterocycles. The lowest BCUT2D eigenvalue weighted by Crippen LogP contribution is -2.53. The molecule has 0 aromatic heterocycles. The maximum atomic E-state index is 13.7. The summed E-state index contributed by atoms with van der Waals surface area (Å²) in [7, 11) is -2.47. The molecule has 0 unspecified atom stereocenters. The van der Waals surface area contributed by atoms with E-state index in [4.69, 9.17) is 4.74 Å². The Labute approximate surface area is 217 Å². The van der Waals surface area contributed by atoms with Gasteiger partial charge in [-0.3, -0.25) is 24.0 Å². The molecule has 11 nitrogen and oxygen atoms in total. The van der Waals surface area contributed by atoms with E-state index in [2.05, 4.69) is 5.32 Å². The topological polar surface area (TPSA) is 139 Å². The second-order valence-electron chi connectivity index (χ2n) is 8.66. The molecule has 0 aliphatic carbocycles. The van der Waals surface area contributed by atoms with Crippen LogP contribution in [0.15, 0.2) is 48.5 Å². The number of nitro groups is 1. The summed E-state index contributed by atoms with van der Waals surface area (Å²) in [6.07, 6.45) is 1.91. The minimum atomic E-state index is -4.00. The Morgan fingerprint density at radius 2 is 1.76 bits per heavy atom. The van der Waals surface area contributed by atoms with Gasteiger partial charge in [0.25, 0.3) is 5.69 Å². The van der Waals surface area contributed by atoms with E-state index in [9.17, 15) is 28.1 Å². The van der Waals surface area contributed by atoms with Crippen molar-refractivity contribution in [2.75, 3.05) is 24.2 Å². The van der Waals surface area contributed by atoms with Crippen molar-refractivity contribution in [2.45, 2.75) is 52.2 Å². The zero-order chi connectivity index (χ0) is 27.8. The third kappa shape index (κ3) is 8.17. The predicted octanol–water partition coefficient (Wildman–Crippen LogP) is 3.09. The molecule has 0 saturated heterocycles. The van der Waals surface area contributed by atoms with Gasteiger partial charge in [0.1, 0.15) is 18.3 Å². The normalized spacial score (nSPS) is 12.8. The standard InChI is InChI=1S/C25H34N4O7S/c1-6-18(3)26-25(31)23(7-2)27(16-19-11-13-22(36-4)14-12-19)24(30)17-28(37(5,34)35)20-9-8-10-21(15-20)29(32)33/h8-15,18,23H,6-7,16-17H2,1-5H3,(H,26,31)/t18-,23-/m0/s1. The average Bonchev–Trinajstić information content (AvgIpc) is 2.86. The summed E-state index contributed by atoms with van der Waals surface area (Å²) < 4.78 is 31.3. The highest BCUT2D eigenvalue weighted by Crippen LogP contribution is 2.24. The number of carbonyl (C=O) groups excluding carboxylic acids is 2. The summed E-state index contributed by atoms with van der Waals surface area (Å²) in [4.78, 5) is 38.7. The Balaban J connectivity index is 2.47. The van der Waals surface area contributed by atoms with Crippen LogP contribution in [0.2, 0.25) is 0 Å². The van der Waals surface area contributed by atoms with Gasteiger partial charge in [-0.2, -0.15) is 0 Å². The van der Waals surface area contributed by atoms with Crippen molar-refractivity contribution in [3.8, 4) is 5.75 Å². The van der Waals surface area contributed by atoms with Gasteiger partial charge in [-0.05, 0) is 43.5 Å². The summed E-state index contributed by atoms with van der Waals surface area (Å²) in [5, 5.41) is 14.1. The van der Waals surface area contributed by atoms with E-state index in [1.807, 2.05) is 13.8 Å². The first-order chi connectivity index (χ1) is 17.4. The van der Waals surface area contributed by atoms with Crippen LogP contribution in [0, 0.1) is 10.1 Å². The van der Waals surface area contributed by atoms with Crippen LogP contribution in [-0.2, 0) is 26.2 Å². The summed E-state index contributed by atoms with van der Waals surface area (Å²) >= 11 is 0. The average molecular weight is 535 g/mol. The Kier molecular flexibility index (Phi) is 10.4. The van der Waals surface area contributed by atoms with Crippen molar-refractivity contribution >= 4 is 33.2 Å². The van der Waals surface area contributed by atoms with Crippen molar-refractivity contribution in [3.63, 3.8) is 0 Å². The van der Waals surface area contributed by atoms with Gasteiger partial charge in [0.2, 0.25) is 21.8 Å². The molecule has 0 bridgehead atoms. The smallest absolute Gasteiger partial charge is 0.271 e. The van der Waals surface area contributed by atoms with Gasteiger partial charge in [-0.1, -0.05) is 32.0 Å². The van der Waals surface area contributed by atoms with Gasteiger partial charge in [0, 0.05) is 24.7 Å². The summed E-state index contributed by atoms with van der Waals surface area (Å²) in [6.45, 7) is 4.96. The number of sulfonamides is 1. The van der Waals surface area contributed by atoms with E-state index >= 15 is 0 Å². The van der Waals surface area contributed by atoms with Crippen molar-refractivity contribution in [3.05, 3.63) is 64.2 Å². The number of non-ortho nitro benzene ring substituents is 1. The maximum Gasteiger partial charge on any atom is 0.271 e. The van der Waals surface area contributed by atoms with Crippen LogP contribution in [0.5, 0.6) is 5.75 Å². The van der Waals surface area contributed by atoms with Gasteiger partial charge in [0.05, 0.1) is 24.0 Å². The number of nitrogens with zero attached hydrogens (tertiary/aromatic N) is 3. The lowest BCUT2D eigenvalue weighted by molar-refractivity contribution is -0.384. The van der Waals surface area contributed by atoms with E-state index < -0.39 is 33.4 Å². The van der Waals surface area contributed by atoms with Crippen LogP contribution < -0.4 is 14.4 Å². The molecular formula is C25H34N4O7S. The van der Waals surface area contributed by atoms with Crippen LogP contribution in [0.1, 0.15) is 39.2 Å². The quantitative estimate of drug-likeness (QED) is 0.308. The van der Waals surface area contributed by atoms with E-state index in [0.29, 0.717) is 24.2 Å². The molecule has 0 aliphatic rings. The first-order valence-electron chi connectivity index (χ1n) is 11.9. The molecule has 0 saturated carbocycles. The Bertz CT molecular complexity index is 1200. The molecule has 2 atom stereocenters. The lowest BCUT2D eigenvalue weighted by Gasteiger charge is -2.33. The second-order valence-corrected chi connectivity index (χ2v) is 10.6. The van der Waals surface area contributed by atoms with Crippen molar-refractivity contribution in [1.29, 1.82) is 0 Å². The molecule has 2 aromatic carbocycles. The molecule has 0 aliphatic heterocycles. The monoisotopic (exact) mass is 534 g/mol. The number of nitro benzene ring substituents is 1. The fraction of sp³-hybridized carbons (Fsp3) is 0.440. The summed E-state index contributed by atoms with van der Waals surface area (Å²) in [5.74, 6) is -0.351. The number of ether oxygens (including phenoxy) is 1. The van der Waals surface area contributed by atoms with E-state index in [0.717, 1.165) is 16.6 Å². The van der Waals surface area contributed by atoms with E-state index in [1.165, 1.54) is 30.2 Å². The highest BCUT2D eigenvalue weighted by molar-refractivity contribution is 7.92. The number of anilines is 1. The number of nitrogens with one attached hydrogen (secondary N) is 1. The molecule has 37 heavy (non-hydrogen) atoms. The van der Waals surface area contributed by atoms with Crippen molar-refractivity contribution < 1.29 is 27.7 Å². The number of benzene rings is 2. The fourth-order valence-corrected chi connectivity index (χ4v) is 4.51. The molecule has 0 radical (unpaired) electrons. The molecule has 202 valence electrons. The predicted molar refractivity (Wildman–Crippen MR) is 141 cm³/mol. The zero-order valence-corrected chi connectivity index (χ0v) is 22.5. The third-order valence-electron chi connectivity index (χ3n) is 5.91. The first kappa shape index (κ1) is 29.6. The fourth-order valence-electron chi connectivity index (χ4n) is 3.66. The van der Waals surface area contributed by atoms with Crippen LogP contribution in [0.4, 0.5) is 11.4 Å². The third-order valence-corrected chi connectivity index (χ3v) is 7.05. The van der Waals surface area contributed by atoms with Crippen molar-refractivity contribution in [1.82, 2.24) is 10.2 Å². The summed E-state index contributed by atoms with van der Waals surface area (Å²) in [6, 6.07) is 11.0. The number of carbonyl (C=O) groups is 2. The van der Waals surface area contributed by atoms with Crippen LogP contribution in [-0.4, -0.2) is 62.0 Å². The van der Waals surface area contributed by atoms with Crippen LogP contribution in [0.3, 0.4) is 0 Å². The highest BCUT2D eigenvalue weighted by atomic mass is 32.2. The molecule has 12 heteroatoms. The minimum absolute atomic E-state index is 0.0217. The van der Waals surface area contributed by atoms with Crippen LogP contribution in [0.25, 0.3) is 0 Å². The number of hydrogen-bond acceptors (Lipinski definition) is 7. The SMILES string of the molecule is CC[C@H](C)NC(=O)[C@H](CC)N(Cc1ccc(OC)cc1)C(=O)CN(c1cccc([N+](=O)[O-])c1)S(C)(=O)=O. The largest absolute Gasteiger partial charge is 0.497 e. The van der Waals surface area contributed by atoms with Crippen molar-refractivity contribution in [2.24, 2.45) is 0 Å². The minimum Gasteiger partial charge on any atom is -0.497 e. The van der Waals surface area contributed by atoms with Gasteiger partial charge in [-0.25, -0.2) is 8.42 Å². The van der Waals surface area contributed by atoms with Crippen LogP contribution >= 0.6 is 0 Å². The zero-order valence-electron chi connectivity index (χ0n) is 21.7. The molecule has 0 spiro atoms. The molecular weight excluding hydrogens is 500 g/mol. The molecule has 2 rings (SSSR count). The Morgan fingerprint density at radius 3 is 2.27 bits per heavy atom. The number of hydrogen-bond donors (Lipinski definition) is 1. The van der Waals surface area contributed by atoms with Gasteiger partial charge in [0.15, 0.2) is 0 Å². The number of rotatable bonds is 13. The maximum absolute atomic E-state index is 13.7. The Hall–Kier alpha value is -3.67. The lowest BCUT2D eigenvalue weighted by atomic mass is 10.1. The molecule has 1 N–H and O–H groups in total. The van der Waals surface area contributed by atoms with E-state index in [1.54, 1.807) is 31.2 Å². The number of methoxy groups -OCH3 is 1. The second kappa shape index (κ2) is 13.0. The van der Waals surface area contributed by atoms with Gasteiger partial charge >= 0.3 is 0 Å². The van der Waals surface area contributed by atoms with Gasteiger partial charge in [-0.15, -0.1) is 0 Å². The molecule has 2 amide bonds.